The quantitative estimate of drug-likeness (QED) is 0.809. The van der Waals surface area contributed by atoms with Gasteiger partial charge in [0.15, 0.2) is 0 Å². The number of aromatic amines is 1. The van der Waals surface area contributed by atoms with Crippen molar-refractivity contribution in [2.75, 3.05) is 5.32 Å². The van der Waals surface area contributed by atoms with Crippen LogP contribution >= 0.6 is 0 Å². The standard InChI is InChI=1S/C15H18N4O2/c1-9(2)16-15(21)17-12-6-4-11(5-7-12)14-10(3)8-13(20)18-19-14/h4-9H,1-3H3,(H,18,20)(H2,16,17,21). The van der Waals surface area contributed by atoms with E-state index in [9.17, 15) is 9.59 Å². The predicted molar refractivity (Wildman–Crippen MR) is 82.3 cm³/mol. The van der Waals surface area contributed by atoms with Crippen molar-refractivity contribution in [2.24, 2.45) is 0 Å². The third-order valence-corrected chi connectivity index (χ3v) is 2.83. The summed E-state index contributed by atoms with van der Waals surface area (Å²) in [5.41, 5.74) is 2.86. The maximum Gasteiger partial charge on any atom is 0.319 e. The molecule has 3 N–H and O–H groups in total. The molecule has 1 aromatic heterocycles. The molecule has 0 aliphatic carbocycles. The summed E-state index contributed by atoms with van der Waals surface area (Å²) in [5.74, 6) is 0. The number of rotatable bonds is 3. The Hall–Kier alpha value is -2.63. The smallest absolute Gasteiger partial charge is 0.319 e. The number of H-pyrrole nitrogens is 1. The SMILES string of the molecule is Cc1cc(=O)[nH]nc1-c1ccc(NC(=O)NC(C)C)cc1. The number of urea groups is 1. The van der Waals surface area contributed by atoms with E-state index in [4.69, 9.17) is 0 Å². The topological polar surface area (TPSA) is 86.9 Å². The monoisotopic (exact) mass is 286 g/mol. The summed E-state index contributed by atoms with van der Waals surface area (Å²) in [6.45, 7) is 5.63. The Morgan fingerprint density at radius 1 is 1.24 bits per heavy atom. The zero-order valence-electron chi connectivity index (χ0n) is 12.2. The van der Waals surface area contributed by atoms with Crippen LogP contribution in [0.5, 0.6) is 0 Å². The van der Waals surface area contributed by atoms with Crippen LogP contribution in [0.4, 0.5) is 10.5 Å². The molecule has 110 valence electrons. The van der Waals surface area contributed by atoms with Gasteiger partial charge in [0.05, 0.1) is 5.69 Å². The normalized spacial score (nSPS) is 10.5. The Morgan fingerprint density at radius 2 is 1.90 bits per heavy atom. The van der Waals surface area contributed by atoms with Crippen molar-refractivity contribution in [1.82, 2.24) is 15.5 Å². The number of nitrogens with one attached hydrogen (secondary N) is 3. The molecule has 6 heteroatoms. The van der Waals surface area contributed by atoms with Crippen molar-refractivity contribution >= 4 is 11.7 Å². The molecule has 2 rings (SSSR count). The van der Waals surface area contributed by atoms with E-state index in [0.717, 1.165) is 11.1 Å². The van der Waals surface area contributed by atoms with E-state index < -0.39 is 0 Å². The third kappa shape index (κ3) is 3.92. The second-order valence-corrected chi connectivity index (χ2v) is 5.09. The molecule has 0 spiro atoms. The number of hydrogen-bond donors (Lipinski definition) is 3. The number of carbonyl (C=O) groups excluding carboxylic acids is 1. The predicted octanol–water partition coefficient (Wildman–Crippen LogP) is 2.28. The van der Waals surface area contributed by atoms with E-state index in [-0.39, 0.29) is 17.6 Å². The number of benzene rings is 1. The van der Waals surface area contributed by atoms with Gasteiger partial charge in [-0.3, -0.25) is 4.79 Å². The molecule has 2 amide bonds. The van der Waals surface area contributed by atoms with Gasteiger partial charge in [0.1, 0.15) is 0 Å². The molecule has 1 heterocycles. The number of nitrogens with zero attached hydrogens (tertiary/aromatic N) is 1. The molecular weight excluding hydrogens is 268 g/mol. The van der Waals surface area contributed by atoms with Crippen molar-refractivity contribution in [3.63, 3.8) is 0 Å². The summed E-state index contributed by atoms with van der Waals surface area (Å²) < 4.78 is 0. The lowest BCUT2D eigenvalue weighted by Gasteiger charge is -2.10. The lowest BCUT2D eigenvalue weighted by atomic mass is 10.1. The second kappa shape index (κ2) is 6.21. The first-order valence-electron chi connectivity index (χ1n) is 6.70. The molecule has 0 bridgehead atoms. The highest BCUT2D eigenvalue weighted by Gasteiger charge is 2.06. The minimum atomic E-state index is -0.240. The minimum Gasteiger partial charge on any atom is -0.336 e. The molecule has 0 atom stereocenters. The minimum absolute atomic E-state index is 0.0808. The second-order valence-electron chi connectivity index (χ2n) is 5.09. The molecule has 0 saturated carbocycles. The van der Waals surface area contributed by atoms with Gasteiger partial charge in [-0.2, -0.15) is 5.10 Å². The molecule has 0 radical (unpaired) electrons. The van der Waals surface area contributed by atoms with Gasteiger partial charge in [0.25, 0.3) is 5.56 Å². The number of aromatic nitrogens is 2. The van der Waals surface area contributed by atoms with Crippen molar-refractivity contribution in [1.29, 1.82) is 0 Å². The lowest BCUT2D eigenvalue weighted by Crippen LogP contribution is -2.34. The molecule has 1 aromatic carbocycles. The van der Waals surface area contributed by atoms with Gasteiger partial charge in [-0.1, -0.05) is 12.1 Å². The summed E-state index contributed by atoms with van der Waals surface area (Å²) >= 11 is 0. The van der Waals surface area contributed by atoms with Crippen LogP contribution in [0.2, 0.25) is 0 Å². The highest BCUT2D eigenvalue weighted by molar-refractivity contribution is 5.89. The van der Waals surface area contributed by atoms with Crippen molar-refractivity contribution < 1.29 is 4.79 Å². The first-order valence-corrected chi connectivity index (χ1v) is 6.70. The zero-order chi connectivity index (χ0) is 15.4. The Balaban J connectivity index is 2.15. The van der Waals surface area contributed by atoms with Crippen molar-refractivity contribution in [3.8, 4) is 11.3 Å². The van der Waals surface area contributed by atoms with Gasteiger partial charge in [-0.25, -0.2) is 9.89 Å². The number of anilines is 1. The Morgan fingerprint density at radius 3 is 2.48 bits per heavy atom. The van der Waals surface area contributed by atoms with Crippen LogP contribution < -0.4 is 16.2 Å². The van der Waals surface area contributed by atoms with E-state index in [0.29, 0.717) is 11.4 Å². The maximum atomic E-state index is 11.6. The average Bonchev–Trinajstić information content (AvgIpc) is 2.39. The van der Waals surface area contributed by atoms with E-state index >= 15 is 0 Å². The maximum absolute atomic E-state index is 11.6. The van der Waals surface area contributed by atoms with Crippen LogP contribution in [0.3, 0.4) is 0 Å². The van der Waals surface area contributed by atoms with Crippen LogP contribution in [0, 0.1) is 6.92 Å². The number of amides is 2. The summed E-state index contributed by atoms with van der Waals surface area (Å²) in [4.78, 5) is 22.8. The summed E-state index contributed by atoms with van der Waals surface area (Å²) in [6, 6.07) is 8.62. The first-order chi connectivity index (χ1) is 9.95. The molecule has 0 aliphatic heterocycles. The Kier molecular flexibility index (Phi) is 4.37. The van der Waals surface area contributed by atoms with Crippen LogP contribution in [0.1, 0.15) is 19.4 Å². The van der Waals surface area contributed by atoms with Gasteiger partial charge in [0.2, 0.25) is 0 Å². The number of carbonyl (C=O) groups is 1. The van der Waals surface area contributed by atoms with Crippen molar-refractivity contribution in [2.45, 2.75) is 26.8 Å². The first kappa shape index (κ1) is 14.8. The van der Waals surface area contributed by atoms with Crippen molar-refractivity contribution in [3.05, 3.63) is 46.2 Å². The Labute approximate surface area is 122 Å². The fraction of sp³-hybridized carbons (Fsp3) is 0.267. The lowest BCUT2D eigenvalue weighted by molar-refractivity contribution is 0.250. The average molecular weight is 286 g/mol. The van der Waals surface area contributed by atoms with Gasteiger partial charge >= 0.3 is 6.03 Å². The van der Waals surface area contributed by atoms with Gasteiger partial charge in [-0.15, -0.1) is 0 Å². The van der Waals surface area contributed by atoms with Crippen LogP contribution in [-0.2, 0) is 0 Å². The number of hydrogen-bond acceptors (Lipinski definition) is 3. The molecule has 0 fully saturated rings. The van der Waals surface area contributed by atoms with Crippen LogP contribution in [-0.4, -0.2) is 22.3 Å². The van der Waals surface area contributed by atoms with E-state index in [1.54, 1.807) is 12.1 Å². The van der Waals surface area contributed by atoms with Crippen LogP contribution in [0.25, 0.3) is 11.3 Å². The van der Waals surface area contributed by atoms with Gasteiger partial charge in [-0.05, 0) is 38.5 Å². The summed E-state index contributed by atoms with van der Waals surface area (Å²) in [7, 11) is 0. The molecule has 21 heavy (non-hydrogen) atoms. The molecule has 0 aliphatic rings. The molecule has 2 aromatic rings. The highest BCUT2D eigenvalue weighted by atomic mass is 16.2. The van der Waals surface area contributed by atoms with E-state index in [2.05, 4.69) is 20.8 Å². The summed E-state index contributed by atoms with van der Waals surface area (Å²) in [6.07, 6.45) is 0. The molecule has 0 saturated heterocycles. The molecule has 0 unspecified atom stereocenters. The Bertz CT molecular complexity index is 690. The largest absolute Gasteiger partial charge is 0.336 e. The molecular formula is C15H18N4O2. The molecule has 6 nitrogen and oxygen atoms in total. The number of aryl methyl sites for hydroxylation is 1. The zero-order valence-corrected chi connectivity index (χ0v) is 12.2. The fourth-order valence-corrected chi connectivity index (χ4v) is 1.93. The van der Waals surface area contributed by atoms with Crippen LogP contribution in [0.15, 0.2) is 35.1 Å². The van der Waals surface area contributed by atoms with Gasteiger partial charge in [0, 0.05) is 23.4 Å². The summed E-state index contributed by atoms with van der Waals surface area (Å²) in [5, 5.41) is 12.0. The third-order valence-electron chi connectivity index (χ3n) is 2.83. The van der Waals surface area contributed by atoms with E-state index in [1.807, 2.05) is 32.9 Å². The van der Waals surface area contributed by atoms with Gasteiger partial charge < -0.3 is 10.6 Å². The fourth-order valence-electron chi connectivity index (χ4n) is 1.93. The highest BCUT2D eigenvalue weighted by Crippen LogP contribution is 2.21. The van der Waals surface area contributed by atoms with E-state index in [1.165, 1.54) is 6.07 Å².